The number of halogens is 2. The van der Waals surface area contributed by atoms with E-state index in [9.17, 15) is 14.0 Å². The molecule has 0 radical (unpaired) electrons. The van der Waals surface area contributed by atoms with Gasteiger partial charge in [-0.3, -0.25) is 4.79 Å². The van der Waals surface area contributed by atoms with Crippen molar-refractivity contribution in [2.75, 3.05) is 12.4 Å². The Balaban J connectivity index is 1.42. The number of methoxy groups -OCH3 is 1. The van der Waals surface area contributed by atoms with Gasteiger partial charge >= 0.3 is 5.97 Å². The molecule has 0 unspecified atom stereocenters. The smallest absolute Gasteiger partial charge is 0.338 e. The van der Waals surface area contributed by atoms with Gasteiger partial charge in [0.05, 0.1) is 28.0 Å². The Hall–Kier alpha value is -2.77. The molecule has 33 heavy (non-hydrogen) atoms. The molecule has 1 aromatic heterocycles. The summed E-state index contributed by atoms with van der Waals surface area (Å²) in [5, 5.41) is 4.24. The van der Waals surface area contributed by atoms with Crippen LogP contribution in [0.4, 0.5) is 10.1 Å². The zero-order valence-corrected chi connectivity index (χ0v) is 19.6. The highest BCUT2D eigenvalue weighted by Crippen LogP contribution is 2.50. The maximum Gasteiger partial charge on any atom is 0.338 e. The van der Waals surface area contributed by atoms with Crippen LogP contribution in [0, 0.1) is 5.82 Å². The molecule has 1 N–H and O–H groups in total. The lowest BCUT2D eigenvalue weighted by atomic mass is 9.86. The van der Waals surface area contributed by atoms with E-state index in [1.807, 2.05) is 0 Å². The Kier molecular flexibility index (Phi) is 5.70. The van der Waals surface area contributed by atoms with Crippen molar-refractivity contribution >= 4 is 40.5 Å². The number of ether oxygens (including phenoxy) is 1. The summed E-state index contributed by atoms with van der Waals surface area (Å²) in [7, 11) is 1.33. The molecule has 5 nitrogen and oxygen atoms in total. The van der Waals surface area contributed by atoms with Crippen LogP contribution in [0.3, 0.4) is 0 Å². The fraction of sp³-hybridized carbons (Fsp3) is 0.320. The summed E-state index contributed by atoms with van der Waals surface area (Å²) in [6.45, 7) is 0. The normalized spacial score (nSPS) is 16.7. The van der Waals surface area contributed by atoms with Crippen LogP contribution in [0.2, 0.25) is 5.02 Å². The van der Waals surface area contributed by atoms with Crippen LogP contribution in [0.25, 0.3) is 10.4 Å². The van der Waals surface area contributed by atoms with Crippen LogP contribution in [0.15, 0.2) is 42.6 Å². The summed E-state index contributed by atoms with van der Waals surface area (Å²) in [5.74, 6) is -0.790. The third kappa shape index (κ3) is 4.04. The van der Waals surface area contributed by atoms with Gasteiger partial charge in [-0.2, -0.15) is 0 Å². The number of hydrogen-bond acceptors (Lipinski definition) is 5. The van der Waals surface area contributed by atoms with E-state index >= 15 is 0 Å². The molecule has 8 heteroatoms. The van der Waals surface area contributed by atoms with Gasteiger partial charge in [0, 0.05) is 34.0 Å². The van der Waals surface area contributed by atoms with Gasteiger partial charge in [0.2, 0.25) is 5.91 Å². The van der Waals surface area contributed by atoms with E-state index in [1.54, 1.807) is 47.9 Å². The Morgan fingerprint density at radius 1 is 1.21 bits per heavy atom. The number of esters is 1. The zero-order valence-electron chi connectivity index (χ0n) is 18.0. The summed E-state index contributed by atoms with van der Waals surface area (Å²) < 4.78 is 19.5. The number of amides is 1. The first-order valence-electron chi connectivity index (χ1n) is 10.9. The summed E-state index contributed by atoms with van der Waals surface area (Å²) in [6, 6.07) is 9.53. The van der Waals surface area contributed by atoms with Gasteiger partial charge in [0.25, 0.3) is 0 Å². The van der Waals surface area contributed by atoms with E-state index in [0.29, 0.717) is 41.1 Å². The highest BCUT2D eigenvalue weighted by atomic mass is 35.5. The molecule has 1 amide bonds. The molecule has 2 aliphatic carbocycles. The third-order valence-corrected chi connectivity index (χ3v) is 7.99. The Bertz CT molecular complexity index is 1250. The average Bonchev–Trinajstić information content (AvgIpc) is 3.43. The lowest BCUT2D eigenvalue weighted by Gasteiger charge is -2.22. The van der Waals surface area contributed by atoms with Crippen LogP contribution in [0.1, 0.15) is 59.0 Å². The maximum atomic E-state index is 14.5. The van der Waals surface area contributed by atoms with Crippen LogP contribution in [-0.2, 0) is 14.9 Å². The first-order valence-corrected chi connectivity index (χ1v) is 12.1. The quantitative estimate of drug-likeness (QED) is 0.415. The number of thiazole rings is 1. The van der Waals surface area contributed by atoms with Crippen LogP contribution in [0.5, 0.6) is 0 Å². The number of nitrogens with one attached hydrogen (secondary N) is 1. The van der Waals surface area contributed by atoms with E-state index in [1.165, 1.54) is 19.6 Å². The lowest BCUT2D eigenvalue weighted by Crippen LogP contribution is -2.28. The number of carbonyl (C=O) groups is 2. The van der Waals surface area contributed by atoms with Crippen molar-refractivity contribution in [3.8, 4) is 10.4 Å². The molecule has 1 heterocycles. The van der Waals surface area contributed by atoms with Crippen molar-refractivity contribution in [2.24, 2.45) is 0 Å². The van der Waals surface area contributed by atoms with Crippen molar-refractivity contribution in [3.63, 3.8) is 0 Å². The molecule has 0 atom stereocenters. The third-order valence-electron chi connectivity index (χ3n) is 6.56. The molecule has 0 aliphatic heterocycles. The fourth-order valence-corrected chi connectivity index (χ4v) is 5.53. The Labute approximate surface area is 199 Å². The summed E-state index contributed by atoms with van der Waals surface area (Å²) >= 11 is 7.45. The molecular formula is C25H22ClFN2O3S. The average molecular weight is 485 g/mol. The van der Waals surface area contributed by atoms with Crippen LogP contribution < -0.4 is 5.32 Å². The van der Waals surface area contributed by atoms with Gasteiger partial charge in [0.15, 0.2) is 0 Å². The summed E-state index contributed by atoms with van der Waals surface area (Å²) in [6.07, 6.45) is 6.41. The molecule has 170 valence electrons. The molecular weight excluding hydrogens is 463 g/mol. The summed E-state index contributed by atoms with van der Waals surface area (Å²) in [4.78, 5) is 31.1. The number of nitrogens with zero attached hydrogens (tertiary/aromatic N) is 1. The first-order chi connectivity index (χ1) is 15.9. The van der Waals surface area contributed by atoms with Crippen LogP contribution in [-0.4, -0.2) is 24.0 Å². The van der Waals surface area contributed by atoms with Gasteiger partial charge in [-0.25, -0.2) is 14.2 Å². The van der Waals surface area contributed by atoms with Gasteiger partial charge in [-0.15, -0.1) is 11.3 Å². The molecule has 0 saturated heterocycles. The molecule has 0 bridgehead atoms. The molecule has 3 aromatic rings. The topological polar surface area (TPSA) is 68.3 Å². The number of hydrogen-bond donors (Lipinski definition) is 1. The molecule has 0 spiro atoms. The number of benzene rings is 2. The number of aromatic nitrogens is 1. The van der Waals surface area contributed by atoms with Crippen molar-refractivity contribution in [1.29, 1.82) is 0 Å². The minimum atomic E-state index is -0.923. The predicted octanol–water partition coefficient (Wildman–Crippen LogP) is 6.33. The number of carbonyl (C=O) groups excluding carboxylic acids is 2. The summed E-state index contributed by atoms with van der Waals surface area (Å²) in [5.41, 5.74) is 0.930. The maximum absolute atomic E-state index is 14.5. The molecule has 5 rings (SSSR count). The van der Waals surface area contributed by atoms with E-state index in [4.69, 9.17) is 16.3 Å². The lowest BCUT2D eigenvalue weighted by molar-refractivity contribution is -0.118. The van der Waals surface area contributed by atoms with E-state index < -0.39 is 17.2 Å². The zero-order chi connectivity index (χ0) is 23.2. The predicted molar refractivity (Wildman–Crippen MR) is 126 cm³/mol. The Morgan fingerprint density at radius 3 is 2.64 bits per heavy atom. The Morgan fingerprint density at radius 2 is 2.00 bits per heavy atom. The highest BCUT2D eigenvalue weighted by molar-refractivity contribution is 7.15. The van der Waals surface area contributed by atoms with E-state index in [0.717, 1.165) is 22.7 Å². The van der Waals surface area contributed by atoms with Crippen molar-refractivity contribution in [3.05, 3.63) is 69.6 Å². The number of anilines is 1. The minimum Gasteiger partial charge on any atom is -0.465 e. The standard InChI is InChI=1S/C25H22ClFN2O3S/c1-32-23(30)18-12-16(6-7-17(18)21-13-28-22(33-21)14-3-2-4-14)29-24(31)25(9-10-25)19-8-5-15(26)11-20(19)27/h5-8,11-14H,2-4,9-10H2,1H3,(H,29,31). The largest absolute Gasteiger partial charge is 0.465 e. The minimum absolute atomic E-state index is 0.286. The van der Waals surface area contributed by atoms with Gasteiger partial charge < -0.3 is 10.1 Å². The molecule has 2 fully saturated rings. The highest BCUT2D eigenvalue weighted by Gasteiger charge is 2.52. The van der Waals surface area contributed by atoms with Gasteiger partial charge in [-0.1, -0.05) is 30.2 Å². The monoisotopic (exact) mass is 484 g/mol. The van der Waals surface area contributed by atoms with Crippen molar-refractivity contribution < 1.29 is 18.7 Å². The van der Waals surface area contributed by atoms with Gasteiger partial charge in [0.1, 0.15) is 5.82 Å². The number of rotatable bonds is 6. The second kappa shape index (κ2) is 8.54. The van der Waals surface area contributed by atoms with Crippen LogP contribution >= 0.6 is 22.9 Å². The second-order valence-corrected chi connectivity index (χ2v) is 10.1. The van der Waals surface area contributed by atoms with Gasteiger partial charge in [-0.05, 0) is 49.9 Å². The molecule has 2 saturated carbocycles. The second-order valence-electron chi connectivity index (χ2n) is 8.60. The van der Waals surface area contributed by atoms with Crippen molar-refractivity contribution in [1.82, 2.24) is 4.98 Å². The van der Waals surface area contributed by atoms with E-state index in [-0.39, 0.29) is 10.9 Å². The first kappa shape index (κ1) is 22.0. The fourth-order valence-electron chi connectivity index (χ4n) is 4.24. The molecule has 2 aromatic carbocycles. The van der Waals surface area contributed by atoms with Crippen molar-refractivity contribution in [2.45, 2.75) is 43.4 Å². The SMILES string of the molecule is COC(=O)c1cc(NC(=O)C2(c3ccc(Cl)cc3F)CC2)ccc1-c1cnc(C2CCC2)s1. The van der Waals surface area contributed by atoms with E-state index in [2.05, 4.69) is 10.3 Å². The molecule has 2 aliphatic rings.